The van der Waals surface area contributed by atoms with Gasteiger partial charge in [0.25, 0.3) is 5.91 Å². The first kappa shape index (κ1) is 15.7. The van der Waals surface area contributed by atoms with Gasteiger partial charge < -0.3 is 9.64 Å². The van der Waals surface area contributed by atoms with Crippen LogP contribution in [0.4, 0.5) is 4.39 Å². The van der Waals surface area contributed by atoms with Crippen LogP contribution in [0.1, 0.15) is 33.4 Å². The molecule has 3 rings (SSSR count). The summed E-state index contributed by atoms with van der Waals surface area (Å²) >= 11 is 0. The molecular weight excluding hydrogens is 297 g/mol. The molecule has 0 bridgehead atoms. The second-order valence-electron chi connectivity index (χ2n) is 5.80. The first-order valence-electron chi connectivity index (χ1n) is 7.63. The van der Waals surface area contributed by atoms with Crippen LogP contribution in [0.2, 0.25) is 0 Å². The quantitative estimate of drug-likeness (QED) is 0.854. The third-order valence-corrected chi connectivity index (χ3v) is 4.38. The number of nitrogens with zero attached hydrogens (tertiary/aromatic N) is 3. The number of benzene rings is 1. The van der Waals surface area contributed by atoms with Crippen molar-refractivity contribution in [3.05, 3.63) is 52.6 Å². The number of amides is 1. The monoisotopic (exact) mass is 317 g/mol. The topological polar surface area (TPSA) is 47.4 Å². The number of aromatic nitrogens is 2. The number of carbonyl (C=O) groups excluding carboxylic acids is 1. The van der Waals surface area contributed by atoms with Crippen molar-refractivity contribution in [1.82, 2.24) is 14.7 Å². The van der Waals surface area contributed by atoms with Crippen molar-refractivity contribution in [2.45, 2.75) is 19.9 Å². The van der Waals surface area contributed by atoms with Crippen LogP contribution in [-0.2, 0) is 11.8 Å². The average Bonchev–Trinajstić information content (AvgIpc) is 2.80. The molecule has 0 spiro atoms. The van der Waals surface area contributed by atoms with Gasteiger partial charge in [0.15, 0.2) is 0 Å². The van der Waals surface area contributed by atoms with E-state index >= 15 is 0 Å². The summed E-state index contributed by atoms with van der Waals surface area (Å²) in [7, 11) is 1.89. The molecule has 2 aromatic rings. The standard InChI is InChI=1S/C17H20FN3O2/c1-11-16(12(2)20(3)19-11)15-10-23-9-8-21(15)17(22)13-4-6-14(18)7-5-13/h4-7,15H,8-10H2,1-3H3. The third kappa shape index (κ3) is 2.86. The molecule has 1 aliphatic rings. The summed E-state index contributed by atoms with van der Waals surface area (Å²) < 4.78 is 20.5. The minimum Gasteiger partial charge on any atom is -0.377 e. The van der Waals surface area contributed by atoms with Crippen molar-refractivity contribution in [1.29, 1.82) is 0 Å². The van der Waals surface area contributed by atoms with Crippen molar-refractivity contribution in [2.24, 2.45) is 7.05 Å². The first-order chi connectivity index (χ1) is 11.0. The number of morpholine rings is 1. The third-order valence-electron chi connectivity index (χ3n) is 4.38. The molecule has 1 unspecified atom stereocenters. The minimum atomic E-state index is -0.348. The highest BCUT2D eigenvalue weighted by molar-refractivity contribution is 5.94. The maximum Gasteiger partial charge on any atom is 0.254 e. The Hall–Kier alpha value is -2.21. The van der Waals surface area contributed by atoms with Gasteiger partial charge in [-0.15, -0.1) is 0 Å². The molecule has 0 N–H and O–H groups in total. The Bertz CT molecular complexity index is 724. The molecule has 0 saturated carbocycles. The van der Waals surface area contributed by atoms with Crippen molar-refractivity contribution >= 4 is 5.91 Å². The first-order valence-corrected chi connectivity index (χ1v) is 7.63. The van der Waals surface area contributed by atoms with Gasteiger partial charge in [-0.1, -0.05) is 0 Å². The summed E-state index contributed by atoms with van der Waals surface area (Å²) in [6.07, 6.45) is 0. The van der Waals surface area contributed by atoms with E-state index in [1.165, 1.54) is 24.3 Å². The maximum atomic E-state index is 13.1. The number of hydrogen-bond donors (Lipinski definition) is 0. The van der Waals surface area contributed by atoms with Crippen LogP contribution >= 0.6 is 0 Å². The van der Waals surface area contributed by atoms with Gasteiger partial charge in [0.05, 0.1) is 24.9 Å². The fourth-order valence-corrected chi connectivity index (χ4v) is 3.12. The van der Waals surface area contributed by atoms with E-state index in [9.17, 15) is 9.18 Å². The molecule has 5 nitrogen and oxygen atoms in total. The van der Waals surface area contributed by atoms with Crippen molar-refractivity contribution in [3.63, 3.8) is 0 Å². The lowest BCUT2D eigenvalue weighted by Gasteiger charge is -2.36. The maximum absolute atomic E-state index is 13.1. The summed E-state index contributed by atoms with van der Waals surface area (Å²) in [5.41, 5.74) is 3.44. The van der Waals surface area contributed by atoms with E-state index in [2.05, 4.69) is 5.10 Å². The second kappa shape index (κ2) is 6.12. The average molecular weight is 317 g/mol. The van der Waals surface area contributed by atoms with Gasteiger partial charge in [0.2, 0.25) is 0 Å². The van der Waals surface area contributed by atoms with E-state index in [-0.39, 0.29) is 17.8 Å². The molecule has 1 aliphatic heterocycles. The van der Waals surface area contributed by atoms with Gasteiger partial charge in [-0.3, -0.25) is 9.48 Å². The zero-order chi connectivity index (χ0) is 16.6. The Morgan fingerprint density at radius 3 is 2.61 bits per heavy atom. The van der Waals surface area contributed by atoms with Gasteiger partial charge in [0.1, 0.15) is 5.82 Å². The van der Waals surface area contributed by atoms with Gasteiger partial charge in [-0.2, -0.15) is 5.10 Å². The molecule has 0 aliphatic carbocycles. The van der Waals surface area contributed by atoms with E-state index in [1.54, 1.807) is 4.90 Å². The molecule has 1 aromatic carbocycles. The van der Waals surface area contributed by atoms with Crippen molar-refractivity contribution in [3.8, 4) is 0 Å². The summed E-state index contributed by atoms with van der Waals surface area (Å²) in [6, 6.07) is 5.49. The van der Waals surface area contributed by atoms with Crippen LogP contribution in [0.25, 0.3) is 0 Å². The summed E-state index contributed by atoms with van der Waals surface area (Å²) in [5.74, 6) is -0.458. The lowest BCUT2D eigenvalue weighted by molar-refractivity contribution is -0.00305. The lowest BCUT2D eigenvalue weighted by Crippen LogP contribution is -2.43. The van der Waals surface area contributed by atoms with Crippen LogP contribution in [0.3, 0.4) is 0 Å². The number of aryl methyl sites for hydroxylation is 2. The van der Waals surface area contributed by atoms with E-state index in [4.69, 9.17) is 4.74 Å². The Morgan fingerprint density at radius 1 is 1.30 bits per heavy atom. The largest absolute Gasteiger partial charge is 0.377 e. The normalized spacial score (nSPS) is 18.3. The molecule has 1 fully saturated rings. The number of carbonyl (C=O) groups is 1. The van der Waals surface area contributed by atoms with E-state index in [0.717, 1.165) is 17.0 Å². The molecule has 23 heavy (non-hydrogen) atoms. The Balaban J connectivity index is 1.95. The highest BCUT2D eigenvalue weighted by atomic mass is 19.1. The Morgan fingerprint density at radius 2 is 2.00 bits per heavy atom. The van der Waals surface area contributed by atoms with Crippen LogP contribution < -0.4 is 0 Å². The van der Waals surface area contributed by atoms with E-state index < -0.39 is 0 Å². The zero-order valence-corrected chi connectivity index (χ0v) is 13.5. The number of halogens is 1. The Kier molecular flexibility index (Phi) is 4.17. The SMILES string of the molecule is Cc1nn(C)c(C)c1C1COCCN1C(=O)c1ccc(F)cc1. The molecular formula is C17H20FN3O2. The van der Waals surface area contributed by atoms with Crippen LogP contribution in [0.5, 0.6) is 0 Å². The predicted molar refractivity (Wildman–Crippen MR) is 83.7 cm³/mol. The number of rotatable bonds is 2. The second-order valence-corrected chi connectivity index (χ2v) is 5.80. The summed E-state index contributed by atoms with van der Waals surface area (Å²) in [5, 5.41) is 4.44. The smallest absolute Gasteiger partial charge is 0.254 e. The molecule has 122 valence electrons. The van der Waals surface area contributed by atoms with Gasteiger partial charge in [-0.05, 0) is 38.1 Å². The minimum absolute atomic E-state index is 0.110. The molecule has 6 heteroatoms. The van der Waals surface area contributed by atoms with Gasteiger partial charge in [-0.25, -0.2) is 4.39 Å². The van der Waals surface area contributed by atoms with Crippen LogP contribution in [0.15, 0.2) is 24.3 Å². The predicted octanol–water partition coefficient (Wildman–Crippen LogP) is 2.39. The summed E-state index contributed by atoms with van der Waals surface area (Å²) in [6.45, 7) is 5.39. The van der Waals surface area contributed by atoms with Gasteiger partial charge >= 0.3 is 0 Å². The van der Waals surface area contributed by atoms with E-state index in [0.29, 0.717) is 25.3 Å². The van der Waals surface area contributed by atoms with Crippen LogP contribution in [-0.4, -0.2) is 40.3 Å². The molecule has 1 saturated heterocycles. The van der Waals surface area contributed by atoms with Crippen molar-refractivity contribution < 1.29 is 13.9 Å². The highest BCUT2D eigenvalue weighted by Gasteiger charge is 2.32. The Labute approximate surface area is 134 Å². The number of hydrogen-bond acceptors (Lipinski definition) is 3. The highest BCUT2D eigenvalue weighted by Crippen LogP contribution is 2.30. The van der Waals surface area contributed by atoms with Crippen molar-refractivity contribution in [2.75, 3.05) is 19.8 Å². The molecule has 0 radical (unpaired) electrons. The zero-order valence-electron chi connectivity index (χ0n) is 13.5. The lowest BCUT2D eigenvalue weighted by atomic mass is 10.0. The molecule has 1 aromatic heterocycles. The fourth-order valence-electron chi connectivity index (χ4n) is 3.12. The molecule has 1 atom stereocenters. The molecule has 2 heterocycles. The fraction of sp³-hybridized carbons (Fsp3) is 0.412. The summed E-state index contributed by atoms with van der Waals surface area (Å²) in [4.78, 5) is 14.6. The van der Waals surface area contributed by atoms with Crippen LogP contribution in [0, 0.1) is 19.7 Å². The molecule has 1 amide bonds. The van der Waals surface area contributed by atoms with E-state index in [1.807, 2.05) is 25.6 Å². The number of ether oxygens (including phenoxy) is 1. The van der Waals surface area contributed by atoms with Gasteiger partial charge in [0, 0.05) is 30.4 Å².